The predicted octanol–water partition coefficient (Wildman–Crippen LogP) is 5.14. The van der Waals surface area contributed by atoms with Crippen molar-refractivity contribution < 1.29 is 0 Å². The van der Waals surface area contributed by atoms with Gasteiger partial charge in [0.05, 0.1) is 0 Å². The van der Waals surface area contributed by atoms with Gasteiger partial charge in [0, 0.05) is 17.1 Å². The van der Waals surface area contributed by atoms with Gasteiger partial charge in [0.15, 0.2) is 0 Å². The van der Waals surface area contributed by atoms with Crippen LogP contribution in [0.2, 0.25) is 0 Å². The van der Waals surface area contributed by atoms with Crippen LogP contribution < -0.4 is 5.32 Å². The van der Waals surface area contributed by atoms with E-state index in [1.54, 1.807) is 0 Å². The van der Waals surface area contributed by atoms with Crippen molar-refractivity contribution in [3.05, 3.63) is 34.3 Å². The highest BCUT2D eigenvalue weighted by atomic mass is 79.9. The number of benzene rings is 1. The molecule has 0 amide bonds. The lowest BCUT2D eigenvalue weighted by Gasteiger charge is -2.45. The summed E-state index contributed by atoms with van der Waals surface area (Å²) in [5.74, 6) is 0. The first-order valence-electron chi connectivity index (χ1n) is 7.24. The monoisotopic (exact) mass is 323 g/mol. The number of halogens is 1. The standard InChI is InChI=1S/C17H26BrN/c1-16(2)9-14(10-17(3,4)12-16)19-11-13-7-5-6-8-15(13)18/h5-8,14,19H,9-12H2,1-4H3. The fourth-order valence-electron chi connectivity index (χ4n) is 3.89. The summed E-state index contributed by atoms with van der Waals surface area (Å²) < 4.78 is 1.21. The summed E-state index contributed by atoms with van der Waals surface area (Å²) in [6.45, 7) is 10.6. The van der Waals surface area contributed by atoms with Crippen LogP contribution in [0, 0.1) is 10.8 Å². The van der Waals surface area contributed by atoms with Crippen molar-refractivity contribution in [3.8, 4) is 0 Å². The summed E-state index contributed by atoms with van der Waals surface area (Å²) in [5.41, 5.74) is 2.25. The largest absolute Gasteiger partial charge is 0.310 e. The van der Waals surface area contributed by atoms with E-state index in [0.717, 1.165) is 6.54 Å². The van der Waals surface area contributed by atoms with Crippen molar-refractivity contribution >= 4 is 15.9 Å². The summed E-state index contributed by atoms with van der Waals surface area (Å²) in [7, 11) is 0. The number of rotatable bonds is 3. The molecule has 1 aromatic rings. The second kappa shape index (κ2) is 5.57. The molecule has 2 heteroatoms. The number of hydrogen-bond donors (Lipinski definition) is 1. The lowest BCUT2D eigenvalue weighted by atomic mass is 9.63. The molecule has 0 spiro atoms. The molecule has 0 bridgehead atoms. The van der Waals surface area contributed by atoms with E-state index in [2.05, 4.69) is 73.2 Å². The Hall–Kier alpha value is -0.340. The molecular weight excluding hydrogens is 298 g/mol. The third-order valence-electron chi connectivity index (χ3n) is 4.09. The van der Waals surface area contributed by atoms with Gasteiger partial charge in [-0.2, -0.15) is 0 Å². The van der Waals surface area contributed by atoms with Gasteiger partial charge in [-0.1, -0.05) is 61.8 Å². The van der Waals surface area contributed by atoms with Crippen molar-refractivity contribution in [2.45, 2.75) is 59.5 Å². The van der Waals surface area contributed by atoms with Crippen molar-refractivity contribution in [1.29, 1.82) is 0 Å². The zero-order chi connectivity index (χ0) is 14.1. The van der Waals surface area contributed by atoms with Crippen LogP contribution in [-0.4, -0.2) is 6.04 Å². The molecule has 1 saturated carbocycles. The highest BCUT2D eigenvalue weighted by molar-refractivity contribution is 9.10. The maximum absolute atomic E-state index is 3.76. The van der Waals surface area contributed by atoms with Gasteiger partial charge in [0.2, 0.25) is 0 Å². The van der Waals surface area contributed by atoms with Crippen LogP contribution in [0.25, 0.3) is 0 Å². The molecule has 0 saturated heterocycles. The van der Waals surface area contributed by atoms with Crippen molar-refractivity contribution in [3.63, 3.8) is 0 Å². The quantitative estimate of drug-likeness (QED) is 0.811. The average Bonchev–Trinajstić information content (AvgIpc) is 2.23. The van der Waals surface area contributed by atoms with Gasteiger partial charge >= 0.3 is 0 Å². The molecule has 106 valence electrons. The topological polar surface area (TPSA) is 12.0 Å². The maximum Gasteiger partial charge on any atom is 0.0220 e. The van der Waals surface area contributed by atoms with Gasteiger partial charge in [-0.25, -0.2) is 0 Å². The van der Waals surface area contributed by atoms with Crippen LogP contribution >= 0.6 is 15.9 Å². The lowest BCUT2D eigenvalue weighted by Crippen LogP contribution is -2.43. The van der Waals surface area contributed by atoms with Gasteiger partial charge in [-0.3, -0.25) is 0 Å². The summed E-state index contributed by atoms with van der Waals surface area (Å²) in [5, 5.41) is 3.76. The Morgan fingerprint density at radius 2 is 1.68 bits per heavy atom. The molecule has 19 heavy (non-hydrogen) atoms. The summed E-state index contributed by atoms with van der Waals surface area (Å²) >= 11 is 3.63. The van der Waals surface area contributed by atoms with E-state index in [9.17, 15) is 0 Å². The Labute approximate surface area is 126 Å². The molecule has 1 fully saturated rings. The van der Waals surface area contributed by atoms with E-state index in [1.165, 1.54) is 29.3 Å². The van der Waals surface area contributed by atoms with Gasteiger partial charge < -0.3 is 5.32 Å². The normalized spacial score (nSPS) is 22.4. The van der Waals surface area contributed by atoms with Gasteiger partial charge in [-0.15, -0.1) is 0 Å². The van der Waals surface area contributed by atoms with Gasteiger partial charge in [0.1, 0.15) is 0 Å². The first-order chi connectivity index (χ1) is 8.77. The predicted molar refractivity (Wildman–Crippen MR) is 86.2 cm³/mol. The molecule has 1 nitrogen and oxygen atoms in total. The molecule has 2 rings (SSSR count). The van der Waals surface area contributed by atoms with Crippen LogP contribution in [0.4, 0.5) is 0 Å². The van der Waals surface area contributed by atoms with Gasteiger partial charge in [0.25, 0.3) is 0 Å². The lowest BCUT2D eigenvalue weighted by molar-refractivity contribution is 0.0844. The highest BCUT2D eigenvalue weighted by Crippen LogP contribution is 2.45. The first kappa shape index (κ1) is 15.1. The fourth-order valence-corrected chi connectivity index (χ4v) is 4.31. The van der Waals surface area contributed by atoms with Crippen LogP contribution in [0.1, 0.15) is 52.5 Å². The van der Waals surface area contributed by atoms with E-state index in [1.807, 2.05) is 0 Å². The van der Waals surface area contributed by atoms with Crippen LogP contribution in [0.15, 0.2) is 28.7 Å². The molecule has 0 aliphatic heterocycles. The zero-order valence-electron chi connectivity index (χ0n) is 12.6. The molecular formula is C17H26BrN. The molecule has 1 N–H and O–H groups in total. The Balaban J connectivity index is 1.98. The Kier molecular flexibility index (Phi) is 4.42. The second-order valence-electron chi connectivity index (χ2n) is 7.58. The molecule has 0 radical (unpaired) electrons. The molecule has 1 aliphatic carbocycles. The minimum Gasteiger partial charge on any atom is -0.310 e. The van der Waals surface area contributed by atoms with E-state index in [-0.39, 0.29) is 0 Å². The van der Waals surface area contributed by atoms with E-state index in [4.69, 9.17) is 0 Å². The Morgan fingerprint density at radius 3 is 2.26 bits per heavy atom. The first-order valence-corrected chi connectivity index (χ1v) is 8.04. The van der Waals surface area contributed by atoms with Gasteiger partial charge in [-0.05, 0) is 41.7 Å². The minimum absolute atomic E-state index is 0.452. The number of nitrogens with one attached hydrogen (secondary N) is 1. The Morgan fingerprint density at radius 1 is 1.11 bits per heavy atom. The average molecular weight is 324 g/mol. The summed E-state index contributed by atoms with van der Waals surface area (Å²) in [6.07, 6.45) is 3.88. The van der Waals surface area contributed by atoms with Crippen molar-refractivity contribution in [2.24, 2.45) is 10.8 Å². The third-order valence-corrected chi connectivity index (χ3v) is 4.87. The fraction of sp³-hybridized carbons (Fsp3) is 0.647. The molecule has 0 heterocycles. The molecule has 1 aliphatic rings. The molecule has 0 aromatic heterocycles. The third kappa shape index (κ3) is 4.32. The highest BCUT2D eigenvalue weighted by Gasteiger charge is 2.38. The van der Waals surface area contributed by atoms with Crippen molar-refractivity contribution in [1.82, 2.24) is 5.32 Å². The Bertz CT molecular complexity index is 421. The summed E-state index contributed by atoms with van der Waals surface area (Å²) in [6, 6.07) is 9.12. The van der Waals surface area contributed by atoms with E-state index >= 15 is 0 Å². The van der Waals surface area contributed by atoms with E-state index < -0.39 is 0 Å². The molecule has 0 unspecified atom stereocenters. The zero-order valence-corrected chi connectivity index (χ0v) is 14.2. The maximum atomic E-state index is 3.76. The SMILES string of the molecule is CC1(C)CC(NCc2ccccc2Br)CC(C)(C)C1. The van der Waals surface area contributed by atoms with Crippen LogP contribution in [-0.2, 0) is 6.54 Å². The van der Waals surface area contributed by atoms with E-state index in [0.29, 0.717) is 16.9 Å². The van der Waals surface area contributed by atoms with Crippen LogP contribution in [0.3, 0.4) is 0 Å². The number of hydrogen-bond acceptors (Lipinski definition) is 1. The molecule has 1 aromatic carbocycles. The second-order valence-corrected chi connectivity index (χ2v) is 8.44. The van der Waals surface area contributed by atoms with Crippen molar-refractivity contribution in [2.75, 3.05) is 0 Å². The summed E-state index contributed by atoms with van der Waals surface area (Å²) in [4.78, 5) is 0. The van der Waals surface area contributed by atoms with Crippen LogP contribution in [0.5, 0.6) is 0 Å². The smallest absolute Gasteiger partial charge is 0.0220 e. The minimum atomic E-state index is 0.452. The molecule has 0 atom stereocenters.